The lowest BCUT2D eigenvalue weighted by Crippen LogP contribution is -2.41. The number of carboxylic acids is 1. The number of hydrazine groups is 1. The van der Waals surface area contributed by atoms with Gasteiger partial charge in [0.1, 0.15) is 34.9 Å². The number of aliphatic carboxylic acids is 1. The van der Waals surface area contributed by atoms with E-state index in [1.165, 1.54) is 0 Å². The quantitative estimate of drug-likeness (QED) is 0.337. The molecule has 1 aromatic heterocycles. The zero-order chi connectivity index (χ0) is 25.1. The van der Waals surface area contributed by atoms with Gasteiger partial charge in [-0.3, -0.25) is 19.8 Å². The van der Waals surface area contributed by atoms with Crippen molar-refractivity contribution in [1.82, 2.24) is 20.3 Å². The third kappa shape index (κ3) is 5.04. The average molecular weight is 482 g/mol. The van der Waals surface area contributed by atoms with Crippen LogP contribution >= 0.6 is 0 Å². The SMILES string of the molecule is COc1ccc(OC)c2[nH]c(CNCC(=O)c3ccc4c(c3)CC(C)C(=O)N(CC(=O)O)N4)nc12. The van der Waals surface area contributed by atoms with E-state index in [0.29, 0.717) is 52.6 Å². The summed E-state index contributed by atoms with van der Waals surface area (Å²) in [4.78, 5) is 44.2. The first-order valence-electron chi connectivity index (χ1n) is 11.1. The topological polar surface area (TPSA) is 146 Å². The van der Waals surface area contributed by atoms with Gasteiger partial charge in [-0.15, -0.1) is 0 Å². The summed E-state index contributed by atoms with van der Waals surface area (Å²) >= 11 is 0. The maximum atomic E-state index is 12.8. The number of carboxylic acid groups (broad SMARTS) is 1. The monoisotopic (exact) mass is 481 g/mol. The van der Waals surface area contributed by atoms with Crippen LogP contribution < -0.4 is 20.2 Å². The number of methoxy groups -OCH3 is 2. The molecule has 4 N–H and O–H groups in total. The van der Waals surface area contributed by atoms with E-state index in [9.17, 15) is 14.4 Å². The average Bonchev–Trinajstić information content (AvgIpc) is 3.22. The first kappa shape index (κ1) is 24.0. The van der Waals surface area contributed by atoms with Crippen LogP contribution in [0.5, 0.6) is 11.5 Å². The van der Waals surface area contributed by atoms with Crippen LogP contribution in [0, 0.1) is 5.92 Å². The molecule has 2 aromatic carbocycles. The van der Waals surface area contributed by atoms with Crippen molar-refractivity contribution in [3.63, 3.8) is 0 Å². The van der Waals surface area contributed by atoms with E-state index < -0.39 is 18.4 Å². The van der Waals surface area contributed by atoms with Gasteiger partial charge in [0.15, 0.2) is 5.78 Å². The Morgan fingerprint density at radius 1 is 1.20 bits per heavy atom. The molecule has 11 heteroatoms. The molecule has 184 valence electrons. The van der Waals surface area contributed by atoms with E-state index in [1.807, 2.05) is 0 Å². The highest BCUT2D eigenvalue weighted by atomic mass is 16.5. The van der Waals surface area contributed by atoms with Gasteiger partial charge in [0.25, 0.3) is 0 Å². The fourth-order valence-electron chi connectivity index (χ4n) is 4.09. The van der Waals surface area contributed by atoms with Crippen molar-refractivity contribution in [2.45, 2.75) is 19.9 Å². The number of amides is 1. The number of ether oxygens (including phenoxy) is 2. The molecule has 3 aromatic rings. The molecule has 0 saturated carbocycles. The molecule has 1 amide bonds. The summed E-state index contributed by atoms with van der Waals surface area (Å²) in [7, 11) is 3.15. The molecular formula is C24H27N5O6. The van der Waals surface area contributed by atoms with E-state index in [4.69, 9.17) is 14.6 Å². The van der Waals surface area contributed by atoms with Crippen LogP contribution in [0.4, 0.5) is 5.69 Å². The first-order valence-corrected chi connectivity index (χ1v) is 11.1. The van der Waals surface area contributed by atoms with Crippen LogP contribution in [0.2, 0.25) is 0 Å². The highest BCUT2D eigenvalue weighted by Crippen LogP contribution is 2.31. The standard InChI is InChI=1S/C24H27N5O6/c1-13-8-15-9-14(4-5-16(15)28-29(24(13)33)12-21(31)32)17(30)10-25-11-20-26-22-18(34-2)6-7-19(35-3)23(22)27-20/h4-7,9,13,25,28H,8,10-12H2,1-3H3,(H,26,27)(H,31,32). The molecule has 0 fully saturated rings. The highest BCUT2D eigenvalue weighted by Gasteiger charge is 2.28. The van der Waals surface area contributed by atoms with Crippen molar-refractivity contribution in [3.8, 4) is 11.5 Å². The Kier molecular flexibility index (Phi) is 6.87. The Hall–Kier alpha value is -4.12. The predicted molar refractivity (Wildman–Crippen MR) is 128 cm³/mol. The summed E-state index contributed by atoms with van der Waals surface area (Å²) in [5, 5.41) is 13.3. The number of hydrogen-bond donors (Lipinski definition) is 4. The zero-order valence-electron chi connectivity index (χ0n) is 19.7. The summed E-state index contributed by atoms with van der Waals surface area (Å²) in [6.45, 7) is 1.69. The first-order chi connectivity index (χ1) is 16.8. The zero-order valence-corrected chi connectivity index (χ0v) is 19.7. The molecule has 11 nitrogen and oxygen atoms in total. The van der Waals surface area contributed by atoms with E-state index in [1.54, 1.807) is 51.5 Å². The minimum absolute atomic E-state index is 0.0805. The smallest absolute Gasteiger partial charge is 0.325 e. The van der Waals surface area contributed by atoms with Crippen molar-refractivity contribution < 1.29 is 29.0 Å². The van der Waals surface area contributed by atoms with Crippen molar-refractivity contribution in [2.24, 2.45) is 5.92 Å². The second-order valence-electron chi connectivity index (χ2n) is 8.31. The maximum absolute atomic E-state index is 12.8. The Labute approximate surface area is 201 Å². The molecule has 1 aliphatic heterocycles. The molecule has 0 aliphatic carbocycles. The van der Waals surface area contributed by atoms with Crippen molar-refractivity contribution >= 4 is 34.4 Å². The number of rotatable bonds is 9. The van der Waals surface area contributed by atoms with Crippen LogP contribution in [-0.2, 0) is 22.6 Å². The van der Waals surface area contributed by atoms with E-state index >= 15 is 0 Å². The predicted octanol–water partition coefficient (Wildman–Crippen LogP) is 1.98. The lowest BCUT2D eigenvalue weighted by molar-refractivity contribution is -0.144. The van der Waals surface area contributed by atoms with Crippen LogP contribution in [0.25, 0.3) is 11.0 Å². The number of fused-ring (bicyclic) bond motifs is 2. The minimum Gasteiger partial charge on any atom is -0.494 e. The number of aromatic amines is 1. The molecule has 35 heavy (non-hydrogen) atoms. The second kappa shape index (κ2) is 10.0. The molecule has 2 heterocycles. The van der Waals surface area contributed by atoms with Gasteiger partial charge in [-0.25, -0.2) is 9.99 Å². The van der Waals surface area contributed by atoms with Crippen molar-refractivity contribution in [3.05, 3.63) is 47.3 Å². The molecule has 0 radical (unpaired) electrons. The summed E-state index contributed by atoms with van der Waals surface area (Å²) in [5.41, 5.74) is 6.13. The fraction of sp³-hybridized carbons (Fsp3) is 0.333. The van der Waals surface area contributed by atoms with Crippen molar-refractivity contribution in [1.29, 1.82) is 0 Å². The van der Waals surface area contributed by atoms with Gasteiger partial charge in [-0.2, -0.15) is 0 Å². The number of nitrogens with one attached hydrogen (secondary N) is 3. The van der Waals surface area contributed by atoms with Crippen LogP contribution in [0.1, 0.15) is 28.7 Å². The minimum atomic E-state index is -1.11. The highest BCUT2D eigenvalue weighted by molar-refractivity contribution is 5.98. The maximum Gasteiger partial charge on any atom is 0.325 e. The Bertz CT molecular complexity index is 1250. The summed E-state index contributed by atoms with van der Waals surface area (Å²) in [6, 6.07) is 8.68. The van der Waals surface area contributed by atoms with Gasteiger partial charge < -0.3 is 24.9 Å². The van der Waals surface area contributed by atoms with Gasteiger partial charge in [0.2, 0.25) is 5.91 Å². The Morgan fingerprint density at radius 2 is 1.94 bits per heavy atom. The third-order valence-electron chi connectivity index (χ3n) is 5.83. The van der Waals surface area contributed by atoms with Crippen LogP contribution in [-0.4, -0.2) is 65.1 Å². The van der Waals surface area contributed by atoms with E-state index in [2.05, 4.69) is 20.7 Å². The lowest BCUT2D eigenvalue weighted by Gasteiger charge is -2.22. The second-order valence-corrected chi connectivity index (χ2v) is 8.31. The number of benzene rings is 2. The van der Waals surface area contributed by atoms with Gasteiger partial charge in [0.05, 0.1) is 33.0 Å². The third-order valence-corrected chi connectivity index (χ3v) is 5.83. The number of nitrogens with zero attached hydrogens (tertiary/aromatic N) is 2. The number of Topliss-reactive ketones (excluding diaryl/α,β-unsaturated/α-hetero) is 1. The lowest BCUT2D eigenvalue weighted by atomic mass is 9.97. The number of H-pyrrole nitrogens is 1. The van der Waals surface area contributed by atoms with E-state index in [0.717, 1.165) is 10.6 Å². The molecule has 0 spiro atoms. The Balaban J connectivity index is 1.44. The number of ketones is 1. The molecule has 1 aliphatic rings. The van der Waals surface area contributed by atoms with Gasteiger partial charge in [-0.05, 0) is 42.3 Å². The van der Waals surface area contributed by atoms with E-state index in [-0.39, 0.29) is 18.2 Å². The fourth-order valence-corrected chi connectivity index (χ4v) is 4.09. The summed E-state index contributed by atoms with van der Waals surface area (Å²) in [5.74, 6) is -0.0692. The number of carbonyl (C=O) groups is 3. The molecule has 1 unspecified atom stereocenters. The van der Waals surface area contributed by atoms with Gasteiger partial charge >= 0.3 is 5.97 Å². The van der Waals surface area contributed by atoms with Gasteiger partial charge in [-0.1, -0.05) is 6.92 Å². The Morgan fingerprint density at radius 3 is 2.66 bits per heavy atom. The van der Waals surface area contributed by atoms with Crippen molar-refractivity contribution in [2.75, 3.05) is 32.7 Å². The number of hydrogen-bond acceptors (Lipinski definition) is 8. The molecule has 4 rings (SSSR count). The number of carbonyl (C=O) groups excluding carboxylic acids is 2. The molecule has 0 bridgehead atoms. The number of aromatic nitrogens is 2. The molecule has 1 atom stereocenters. The van der Waals surface area contributed by atoms with Crippen LogP contribution in [0.3, 0.4) is 0 Å². The summed E-state index contributed by atoms with van der Waals surface area (Å²) < 4.78 is 10.7. The number of imidazole rings is 1. The largest absolute Gasteiger partial charge is 0.494 e. The van der Waals surface area contributed by atoms with Gasteiger partial charge in [0, 0.05) is 11.5 Å². The van der Waals surface area contributed by atoms with Crippen LogP contribution in [0.15, 0.2) is 30.3 Å². The number of anilines is 1. The normalized spacial score (nSPS) is 15.3. The molecular weight excluding hydrogens is 454 g/mol. The summed E-state index contributed by atoms with van der Waals surface area (Å²) in [6.07, 6.45) is 0.397. The molecule has 0 saturated heterocycles.